The molecule has 92 valence electrons. The van der Waals surface area contributed by atoms with E-state index < -0.39 is 0 Å². The Morgan fingerprint density at radius 1 is 1.25 bits per heavy atom. The lowest BCUT2D eigenvalue weighted by atomic mass is 10.0. The van der Waals surface area contributed by atoms with Crippen LogP contribution in [-0.2, 0) is 0 Å². The lowest BCUT2D eigenvalue weighted by Crippen LogP contribution is -2.09. The van der Waals surface area contributed by atoms with Crippen molar-refractivity contribution in [1.29, 1.82) is 0 Å². The summed E-state index contributed by atoms with van der Waals surface area (Å²) in [5.41, 5.74) is 7.18. The maximum Gasteiger partial charge on any atom is 0.173 e. The van der Waals surface area contributed by atoms with Crippen LogP contribution in [0.5, 0.6) is 0 Å². The summed E-state index contributed by atoms with van der Waals surface area (Å²) in [6.45, 7) is 2.24. The van der Waals surface area contributed by atoms with Crippen molar-refractivity contribution >= 4 is 15.9 Å². The molecule has 0 aliphatic rings. The Bertz CT molecular complexity index is 285. The third kappa shape index (κ3) is 4.71. The molecule has 2 nitrogen and oxygen atoms in total. The summed E-state index contributed by atoms with van der Waals surface area (Å²) in [6.07, 6.45) is 10.6. The number of halogens is 1. The first-order valence-electron chi connectivity index (χ1n) is 6.24. The SMILES string of the molecule is CCCCCCCCC(N)c1ccoc1Br. The fraction of sp³-hybridized carbons (Fsp3) is 0.692. The van der Waals surface area contributed by atoms with Crippen LogP contribution in [0.15, 0.2) is 21.4 Å². The molecular weight excluding hydrogens is 266 g/mol. The van der Waals surface area contributed by atoms with Gasteiger partial charge in [0.1, 0.15) is 0 Å². The molecular formula is C13H22BrNO. The Kier molecular flexibility index (Phi) is 6.81. The Hall–Kier alpha value is -0.280. The second-order valence-corrected chi connectivity index (χ2v) is 5.03. The molecule has 1 rings (SSSR count). The highest BCUT2D eigenvalue weighted by molar-refractivity contribution is 9.10. The van der Waals surface area contributed by atoms with E-state index in [1.807, 2.05) is 6.07 Å². The molecule has 0 spiro atoms. The van der Waals surface area contributed by atoms with Crippen molar-refractivity contribution < 1.29 is 4.42 Å². The van der Waals surface area contributed by atoms with Gasteiger partial charge in [0, 0.05) is 11.6 Å². The molecule has 0 radical (unpaired) electrons. The van der Waals surface area contributed by atoms with Crippen LogP contribution in [0, 0.1) is 0 Å². The van der Waals surface area contributed by atoms with Gasteiger partial charge in [-0.2, -0.15) is 0 Å². The van der Waals surface area contributed by atoms with Crippen molar-refractivity contribution in [2.75, 3.05) is 0 Å². The predicted octanol–water partition coefficient (Wildman–Crippen LogP) is 4.79. The predicted molar refractivity (Wildman–Crippen MR) is 71.3 cm³/mol. The van der Waals surface area contributed by atoms with Crippen LogP contribution in [0.4, 0.5) is 0 Å². The molecule has 16 heavy (non-hydrogen) atoms. The largest absolute Gasteiger partial charge is 0.457 e. The maximum absolute atomic E-state index is 6.09. The van der Waals surface area contributed by atoms with E-state index in [0.717, 1.165) is 16.7 Å². The lowest BCUT2D eigenvalue weighted by Gasteiger charge is -2.09. The zero-order chi connectivity index (χ0) is 11.8. The van der Waals surface area contributed by atoms with Crippen LogP contribution >= 0.6 is 15.9 Å². The van der Waals surface area contributed by atoms with Crippen molar-refractivity contribution in [1.82, 2.24) is 0 Å². The highest BCUT2D eigenvalue weighted by Gasteiger charge is 2.11. The van der Waals surface area contributed by atoms with E-state index >= 15 is 0 Å². The van der Waals surface area contributed by atoms with E-state index in [0.29, 0.717) is 0 Å². The van der Waals surface area contributed by atoms with E-state index in [1.54, 1.807) is 6.26 Å². The smallest absolute Gasteiger partial charge is 0.173 e. The normalized spacial score (nSPS) is 12.9. The van der Waals surface area contributed by atoms with E-state index in [-0.39, 0.29) is 6.04 Å². The van der Waals surface area contributed by atoms with Crippen molar-refractivity contribution in [3.05, 3.63) is 22.6 Å². The molecule has 0 aliphatic heterocycles. The fourth-order valence-corrected chi connectivity index (χ4v) is 2.40. The number of nitrogens with two attached hydrogens (primary N) is 1. The molecule has 0 amide bonds. The number of unbranched alkanes of at least 4 members (excludes halogenated alkanes) is 5. The van der Waals surface area contributed by atoms with Gasteiger partial charge >= 0.3 is 0 Å². The van der Waals surface area contributed by atoms with Gasteiger partial charge in [-0.1, -0.05) is 45.4 Å². The zero-order valence-electron chi connectivity index (χ0n) is 10.0. The minimum Gasteiger partial charge on any atom is -0.457 e. The molecule has 3 heteroatoms. The molecule has 1 aromatic rings. The van der Waals surface area contributed by atoms with E-state index in [4.69, 9.17) is 10.2 Å². The first-order valence-corrected chi connectivity index (χ1v) is 7.03. The Balaban J connectivity index is 2.11. The van der Waals surface area contributed by atoms with Crippen LogP contribution in [0.2, 0.25) is 0 Å². The molecule has 0 saturated heterocycles. The van der Waals surface area contributed by atoms with Crippen LogP contribution < -0.4 is 5.73 Å². The number of hydrogen-bond donors (Lipinski definition) is 1. The molecule has 0 aliphatic carbocycles. The monoisotopic (exact) mass is 287 g/mol. The highest BCUT2D eigenvalue weighted by Crippen LogP contribution is 2.26. The number of hydrogen-bond acceptors (Lipinski definition) is 2. The average molecular weight is 288 g/mol. The van der Waals surface area contributed by atoms with Gasteiger partial charge in [-0.25, -0.2) is 0 Å². The first-order chi connectivity index (χ1) is 7.75. The van der Waals surface area contributed by atoms with Crippen molar-refractivity contribution in [3.63, 3.8) is 0 Å². The molecule has 1 aromatic heterocycles. The van der Waals surface area contributed by atoms with E-state index in [1.165, 1.54) is 38.5 Å². The second kappa shape index (κ2) is 7.91. The third-order valence-corrected chi connectivity index (χ3v) is 3.56. The Morgan fingerprint density at radius 2 is 1.94 bits per heavy atom. The van der Waals surface area contributed by atoms with Gasteiger partial charge in [0.05, 0.1) is 6.26 Å². The molecule has 1 heterocycles. The van der Waals surface area contributed by atoms with Crippen LogP contribution in [-0.4, -0.2) is 0 Å². The Morgan fingerprint density at radius 3 is 2.56 bits per heavy atom. The summed E-state index contributed by atoms with van der Waals surface area (Å²) in [7, 11) is 0. The van der Waals surface area contributed by atoms with Gasteiger partial charge in [-0.3, -0.25) is 0 Å². The van der Waals surface area contributed by atoms with Gasteiger partial charge in [-0.15, -0.1) is 0 Å². The van der Waals surface area contributed by atoms with E-state index in [9.17, 15) is 0 Å². The van der Waals surface area contributed by atoms with Crippen LogP contribution in [0.3, 0.4) is 0 Å². The number of rotatable bonds is 8. The molecule has 0 aromatic carbocycles. The maximum atomic E-state index is 6.09. The van der Waals surface area contributed by atoms with Gasteiger partial charge < -0.3 is 10.2 Å². The highest BCUT2D eigenvalue weighted by atomic mass is 79.9. The molecule has 2 N–H and O–H groups in total. The minimum atomic E-state index is 0.110. The van der Waals surface area contributed by atoms with E-state index in [2.05, 4.69) is 22.9 Å². The van der Waals surface area contributed by atoms with Crippen molar-refractivity contribution in [2.45, 2.75) is 57.9 Å². The van der Waals surface area contributed by atoms with Crippen LogP contribution in [0.1, 0.15) is 63.5 Å². The van der Waals surface area contributed by atoms with Gasteiger partial charge in [0.15, 0.2) is 4.67 Å². The topological polar surface area (TPSA) is 39.2 Å². The van der Waals surface area contributed by atoms with Gasteiger partial charge in [0.25, 0.3) is 0 Å². The fourth-order valence-electron chi connectivity index (χ4n) is 1.87. The summed E-state index contributed by atoms with van der Waals surface area (Å²) in [6, 6.07) is 2.06. The molecule has 0 saturated carbocycles. The van der Waals surface area contributed by atoms with Crippen molar-refractivity contribution in [2.24, 2.45) is 5.73 Å². The minimum absolute atomic E-state index is 0.110. The summed E-state index contributed by atoms with van der Waals surface area (Å²) in [5, 5.41) is 0. The zero-order valence-corrected chi connectivity index (χ0v) is 11.6. The third-order valence-electron chi connectivity index (χ3n) is 2.91. The molecule has 0 bridgehead atoms. The van der Waals surface area contributed by atoms with Crippen LogP contribution in [0.25, 0.3) is 0 Å². The lowest BCUT2D eigenvalue weighted by molar-refractivity contribution is 0.515. The Labute approximate surface area is 107 Å². The summed E-state index contributed by atoms with van der Waals surface area (Å²) >= 11 is 3.36. The molecule has 0 fully saturated rings. The summed E-state index contributed by atoms with van der Waals surface area (Å²) in [4.78, 5) is 0. The standard InChI is InChI=1S/C13H22BrNO/c1-2-3-4-5-6-7-8-12(15)11-9-10-16-13(11)14/h9-10,12H,2-8,15H2,1H3. The summed E-state index contributed by atoms with van der Waals surface area (Å²) < 4.78 is 5.97. The number of furan rings is 1. The molecule has 1 unspecified atom stereocenters. The average Bonchev–Trinajstić information content (AvgIpc) is 2.69. The molecule has 1 atom stereocenters. The van der Waals surface area contributed by atoms with Gasteiger partial charge in [0.2, 0.25) is 0 Å². The quantitative estimate of drug-likeness (QED) is 0.698. The van der Waals surface area contributed by atoms with Gasteiger partial charge in [-0.05, 0) is 28.4 Å². The second-order valence-electron chi connectivity index (χ2n) is 4.31. The first kappa shape index (κ1) is 13.8. The van der Waals surface area contributed by atoms with Crippen molar-refractivity contribution in [3.8, 4) is 0 Å². The summed E-state index contributed by atoms with van der Waals surface area (Å²) in [5.74, 6) is 0.